The summed E-state index contributed by atoms with van der Waals surface area (Å²) >= 11 is 15.1. The third-order valence-corrected chi connectivity index (χ3v) is 3.95. The van der Waals surface area contributed by atoms with E-state index in [9.17, 15) is 4.79 Å². The molecular weight excluding hydrogens is 287 g/mol. The van der Waals surface area contributed by atoms with Gasteiger partial charge in [-0.1, -0.05) is 51.3 Å². The standard InChI is InChI=1S/C10H7BrCl2O/c11-7-3-1-6(2-4-7)8-5-9(14)10(8,12)13/h1-4,8H,5H2/t8-/m1/s1. The molecular formula is C10H7BrCl2O. The molecule has 2 rings (SSSR count). The molecule has 0 heterocycles. The average Bonchev–Trinajstić information content (AvgIpc) is 2.16. The Morgan fingerprint density at radius 1 is 1.29 bits per heavy atom. The van der Waals surface area contributed by atoms with Gasteiger partial charge in [-0.3, -0.25) is 4.79 Å². The van der Waals surface area contributed by atoms with E-state index in [1.165, 1.54) is 0 Å². The number of benzene rings is 1. The van der Waals surface area contributed by atoms with Gasteiger partial charge in [0.25, 0.3) is 0 Å². The number of rotatable bonds is 1. The fraction of sp³-hybridized carbons (Fsp3) is 0.300. The van der Waals surface area contributed by atoms with Gasteiger partial charge in [0.1, 0.15) is 0 Å². The Kier molecular flexibility index (Phi) is 2.63. The Morgan fingerprint density at radius 2 is 1.86 bits per heavy atom. The summed E-state index contributed by atoms with van der Waals surface area (Å²) in [6.45, 7) is 0. The van der Waals surface area contributed by atoms with Crippen LogP contribution in [0, 0.1) is 0 Å². The van der Waals surface area contributed by atoms with Crippen LogP contribution in [-0.2, 0) is 4.79 Å². The number of carbonyl (C=O) groups excluding carboxylic acids is 1. The van der Waals surface area contributed by atoms with Gasteiger partial charge < -0.3 is 0 Å². The van der Waals surface area contributed by atoms with Crippen LogP contribution in [0.4, 0.5) is 0 Å². The summed E-state index contributed by atoms with van der Waals surface area (Å²) in [5.74, 6) is -0.153. The van der Waals surface area contributed by atoms with E-state index >= 15 is 0 Å². The summed E-state index contributed by atoms with van der Waals surface area (Å²) in [5, 5.41) is 0. The second-order valence-corrected chi connectivity index (χ2v) is 5.66. The van der Waals surface area contributed by atoms with Gasteiger partial charge in [0.15, 0.2) is 10.1 Å². The monoisotopic (exact) mass is 292 g/mol. The van der Waals surface area contributed by atoms with E-state index < -0.39 is 4.33 Å². The van der Waals surface area contributed by atoms with Gasteiger partial charge in [-0.2, -0.15) is 0 Å². The number of halogens is 3. The van der Waals surface area contributed by atoms with Crippen LogP contribution in [-0.4, -0.2) is 10.1 Å². The molecule has 74 valence electrons. The topological polar surface area (TPSA) is 17.1 Å². The summed E-state index contributed by atoms with van der Waals surface area (Å²) in [7, 11) is 0. The fourth-order valence-corrected chi connectivity index (χ4v) is 2.36. The molecule has 0 amide bonds. The largest absolute Gasteiger partial charge is 0.296 e. The van der Waals surface area contributed by atoms with Crippen molar-refractivity contribution in [3.63, 3.8) is 0 Å². The lowest BCUT2D eigenvalue weighted by Crippen LogP contribution is -2.45. The summed E-state index contributed by atoms with van der Waals surface area (Å²) in [4.78, 5) is 11.1. The van der Waals surface area contributed by atoms with Crippen molar-refractivity contribution in [1.82, 2.24) is 0 Å². The van der Waals surface area contributed by atoms with Crippen LogP contribution in [0.5, 0.6) is 0 Å². The Balaban J connectivity index is 2.26. The number of Topliss-reactive ketones (excluding diaryl/α,β-unsaturated/α-hetero) is 1. The first-order chi connectivity index (χ1) is 6.51. The molecule has 0 saturated heterocycles. The van der Waals surface area contributed by atoms with Crippen LogP contribution in [0.15, 0.2) is 28.7 Å². The minimum absolute atomic E-state index is 0.0635. The van der Waals surface area contributed by atoms with Gasteiger partial charge in [0.05, 0.1) is 0 Å². The number of alkyl halides is 2. The van der Waals surface area contributed by atoms with Crippen LogP contribution in [0.1, 0.15) is 17.9 Å². The second-order valence-electron chi connectivity index (χ2n) is 3.35. The maximum Gasteiger partial charge on any atom is 0.183 e. The first-order valence-electron chi connectivity index (χ1n) is 4.18. The molecule has 1 saturated carbocycles. The van der Waals surface area contributed by atoms with E-state index in [0.29, 0.717) is 6.42 Å². The van der Waals surface area contributed by atoms with E-state index in [0.717, 1.165) is 10.0 Å². The normalized spacial score (nSPS) is 24.5. The third kappa shape index (κ3) is 1.60. The lowest BCUT2D eigenvalue weighted by Gasteiger charge is -2.38. The fourth-order valence-electron chi connectivity index (χ4n) is 1.54. The lowest BCUT2D eigenvalue weighted by atomic mass is 9.78. The number of carbonyl (C=O) groups is 1. The Hall–Kier alpha value is -0.0500. The maximum atomic E-state index is 11.1. The SMILES string of the molecule is O=C1C[C@H](c2ccc(Br)cc2)C1(Cl)Cl. The van der Waals surface area contributed by atoms with Crippen molar-refractivity contribution in [1.29, 1.82) is 0 Å². The molecule has 0 spiro atoms. The van der Waals surface area contributed by atoms with Crippen LogP contribution in [0.2, 0.25) is 0 Å². The quantitative estimate of drug-likeness (QED) is 0.722. The van der Waals surface area contributed by atoms with Crippen molar-refractivity contribution in [3.8, 4) is 0 Å². The molecule has 1 aliphatic carbocycles. The van der Waals surface area contributed by atoms with Crippen molar-refractivity contribution >= 4 is 44.9 Å². The molecule has 1 nitrogen and oxygen atoms in total. The van der Waals surface area contributed by atoms with Crippen LogP contribution in [0.3, 0.4) is 0 Å². The highest BCUT2D eigenvalue weighted by Gasteiger charge is 2.52. The zero-order chi connectivity index (χ0) is 10.3. The number of hydrogen-bond donors (Lipinski definition) is 0. The predicted octanol–water partition coefficient (Wildman–Crippen LogP) is 3.68. The van der Waals surface area contributed by atoms with Crippen molar-refractivity contribution < 1.29 is 4.79 Å². The molecule has 0 radical (unpaired) electrons. The molecule has 4 heteroatoms. The van der Waals surface area contributed by atoms with E-state index in [2.05, 4.69) is 15.9 Å². The molecule has 1 aromatic rings. The maximum absolute atomic E-state index is 11.1. The molecule has 1 atom stereocenters. The Bertz CT molecular complexity index is 372. The minimum atomic E-state index is -1.21. The van der Waals surface area contributed by atoms with Crippen molar-refractivity contribution in [2.45, 2.75) is 16.7 Å². The molecule has 0 aliphatic heterocycles. The molecule has 0 N–H and O–H groups in total. The summed E-state index contributed by atoms with van der Waals surface area (Å²) in [6, 6.07) is 7.70. The summed E-state index contributed by atoms with van der Waals surface area (Å²) < 4.78 is -0.213. The van der Waals surface area contributed by atoms with Crippen LogP contribution >= 0.6 is 39.1 Å². The van der Waals surface area contributed by atoms with E-state index in [1.54, 1.807) is 0 Å². The van der Waals surface area contributed by atoms with Crippen LogP contribution < -0.4 is 0 Å². The third-order valence-electron chi connectivity index (χ3n) is 2.47. The molecule has 0 unspecified atom stereocenters. The molecule has 0 bridgehead atoms. The van der Waals surface area contributed by atoms with E-state index in [4.69, 9.17) is 23.2 Å². The van der Waals surface area contributed by atoms with Gasteiger partial charge in [-0.05, 0) is 17.7 Å². The lowest BCUT2D eigenvalue weighted by molar-refractivity contribution is -0.125. The summed E-state index contributed by atoms with van der Waals surface area (Å²) in [5.41, 5.74) is 1.01. The highest BCUT2D eigenvalue weighted by atomic mass is 79.9. The second kappa shape index (κ2) is 3.51. The van der Waals surface area contributed by atoms with Gasteiger partial charge in [0.2, 0.25) is 0 Å². The number of ketones is 1. The molecule has 14 heavy (non-hydrogen) atoms. The van der Waals surface area contributed by atoms with Gasteiger partial charge in [-0.25, -0.2) is 0 Å². The molecule has 1 aromatic carbocycles. The zero-order valence-corrected chi connectivity index (χ0v) is 10.2. The van der Waals surface area contributed by atoms with Gasteiger partial charge in [-0.15, -0.1) is 0 Å². The van der Waals surface area contributed by atoms with Crippen molar-refractivity contribution in [3.05, 3.63) is 34.3 Å². The summed E-state index contributed by atoms with van der Waals surface area (Å²) in [6.07, 6.45) is 0.439. The van der Waals surface area contributed by atoms with Crippen molar-refractivity contribution in [2.75, 3.05) is 0 Å². The predicted molar refractivity (Wildman–Crippen MR) is 60.9 cm³/mol. The zero-order valence-electron chi connectivity index (χ0n) is 7.14. The smallest absolute Gasteiger partial charge is 0.183 e. The molecule has 1 aliphatic rings. The minimum Gasteiger partial charge on any atom is -0.296 e. The Labute approximate surface area is 101 Å². The van der Waals surface area contributed by atoms with E-state index in [1.807, 2.05) is 24.3 Å². The highest BCUT2D eigenvalue weighted by molar-refractivity contribution is 9.10. The average molecular weight is 294 g/mol. The Morgan fingerprint density at radius 3 is 2.29 bits per heavy atom. The number of hydrogen-bond acceptors (Lipinski definition) is 1. The first kappa shape index (κ1) is 10.5. The van der Waals surface area contributed by atoms with Crippen molar-refractivity contribution in [2.24, 2.45) is 0 Å². The van der Waals surface area contributed by atoms with E-state index in [-0.39, 0.29) is 11.7 Å². The first-order valence-corrected chi connectivity index (χ1v) is 5.73. The molecule has 0 aromatic heterocycles. The highest BCUT2D eigenvalue weighted by Crippen LogP contribution is 2.50. The van der Waals surface area contributed by atoms with Gasteiger partial charge in [0, 0.05) is 16.8 Å². The molecule has 1 fully saturated rings. The van der Waals surface area contributed by atoms with Crippen LogP contribution in [0.25, 0.3) is 0 Å². The van der Waals surface area contributed by atoms with Gasteiger partial charge >= 0.3 is 0 Å².